The highest BCUT2D eigenvalue weighted by atomic mass is 35.5. The largest absolute Gasteiger partial charge is 0.324 e. The summed E-state index contributed by atoms with van der Waals surface area (Å²) in [4.78, 5) is 12.8. The van der Waals surface area contributed by atoms with Gasteiger partial charge in [-0.1, -0.05) is 60.5 Å². The zero-order chi connectivity index (χ0) is 21.7. The molecule has 156 valence electrons. The maximum absolute atomic E-state index is 13.3. The third-order valence-electron chi connectivity index (χ3n) is 4.45. The fourth-order valence-corrected chi connectivity index (χ4v) is 4.58. The Labute approximate surface area is 186 Å². The van der Waals surface area contributed by atoms with Crippen LogP contribution in [0.5, 0.6) is 0 Å². The highest BCUT2D eigenvalue weighted by molar-refractivity contribution is 7.92. The summed E-state index contributed by atoms with van der Waals surface area (Å²) in [5.74, 6) is -0.507. The molecule has 8 heteroatoms. The van der Waals surface area contributed by atoms with E-state index in [1.54, 1.807) is 42.5 Å². The molecule has 0 fully saturated rings. The molecule has 0 spiro atoms. The van der Waals surface area contributed by atoms with Crippen LogP contribution < -0.4 is 9.62 Å². The lowest BCUT2D eigenvalue weighted by Crippen LogP contribution is -2.38. The van der Waals surface area contributed by atoms with E-state index in [1.165, 1.54) is 18.2 Å². The quantitative estimate of drug-likeness (QED) is 0.511. The van der Waals surface area contributed by atoms with Gasteiger partial charge in [-0.2, -0.15) is 0 Å². The average molecular weight is 463 g/mol. The van der Waals surface area contributed by atoms with Gasteiger partial charge in [0.1, 0.15) is 6.54 Å². The first-order valence-corrected chi connectivity index (χ1v) is 11.4. The van der Waals surface area contributed by atoms with Crippen molar-refractivity contribution in [1.82, 2.24) is 0 Å². The maximum atomic E-state index is 13.3. The SMILES string of the molecule is CCc1ccc(N(CC(=O)Nc2ccc(Cl)c(Cl)c2)S(=O)(=O)c2ccccc2)cc1. The van der Waals surface area contributed by atoms with Crippen LogP contribution in [0.2, 0.25) is 10.0 Å². The normalized spacial score (nSPS) is 11.2. The molecule has 3 aromatic carbocycles. The number of carbonyl (C=O) groups is 1. The highest BCUT2D eigenvalue weighted by Crippen LogP contribution is 2.26. The van der Waals surface area contributed by atoms with Gasteiger partial charge in [0.2, 0.25) is 5.91 Å². The van der Waals surface area contributed by atoms with Crippen molar-refractivity contribution < 1.29 is 13.2 Å². The van der Waals surface area contributed by atoms with E-state index in [-0.39, 0.29) is 4.90 Å². The van der Waals surface area contributed by atoms with Gasteiger partial charge >= 0.3 is 0 Å². The van der Waals surface area contributed by atoms with Gasteiger partial charge in [-0.25, -0.2) is 8.42 Å². The second-order valence-electron chi connectivity index (χ2n) is 6.52. The van der Waals surface area contributed by atoms with E-state index in [0.29, 0.717) is 21.4 Å². The molecule has 0 aliphatic rings. The molecule has 3 aromatic rings. The van der Waals surface area contributed by atoms with Gasteiger partial charge in [0.05, 0.1) is 20.6 Å². The molecule has 0 saturated carbocycles. The smallest absolute Gasteiger partial charge is 0.264 e. The third-order valence-corrected chi connectivity index (χ3v) is 6.98. The molecule has 0 unspecified atom stereocenters. The van der Waals surface area contributed by atoms with Crippen LogP contribution in [-0.4, -0.2) is 20.9 Å². The number of sulfonamides is 1. The summed E-state index contributed by atoms with van der Waals surface area (Å²) >= 11 is 11.9. The summed E-state index contributed by atoms with van der Waals surface area (Å²) < 4.78 is 27.7. The van der Waals surface area contributed by atoms with Gasteiger partial charge < -0.3 is 5.32 Å². The number of hydrogen-bond acceptors (Lipinski definition) is 3. The summed E-state index contributed by atoms with van der Waals surface area (Å²) in [5, 5.41) is 3.32. The second kappa shape index (κ2) is 9.51. The van der Waals surface area contributed by atoms with E-state index in [1.807, 2.05) is 19.1 Å². The Morgan fingerprint density at radius 3 is 2.20 bits per heavy atom. The van der Waals surface area contributed by atoms with Crippen LogP contribution in [-0.2, 0) is 21.2 Å². The predicted octanol–water partition coefficient (Wildman–Crippen LogP) is 5.39. The number of hydrogen-bond donors (Lipinski definition) is 1. The first-order valence-electron chi connectivity index (χ1n) is 9.23. The van der Waals surface area contributed by atoms with E-state index in [2.05, 4.69) is 5.32 Å². The standard InChI is InChI=1S/C22H20Cl2N2O3S/c1-2-16-8-11-18(12-9-16)26(30(28,29)19-6-4-3-5-7-19)15-22(27)25-17-10-13-20(23)21(24)14-17/h3-14H,2,15H2,1H3,(H,25,27). The van der Waals surface area contributed by atoms with Crippen LogP contribution in [0.3, 0.4) is 0 Å². The Hall–Kier alpha value is -2.54. The van der Waals surface area contributed by atoms with Crippen molar-refractivity contribution in [2.45, 2.75) is 18.2 Å². The molecular weight excluding hydrogens is 443 g/mol. The van der Waals surface area contributed by atoms with Crippen LogP contribution in [0.15, 0.2) is 77.7 Å². The third kappa shape index (κ3) is 5.14. The minimum absolute atomic E-state index is 0.104. The van der Waals surface area contributed by atoms with Gasteiger partial charge in [0.15, 0.2) is 0 Å². The van der Waals surface area contributed by atoms with Crippen LogP contribution in [0.25, 0.3) is 0 Å². The Kier molecular flexibility index (Phi) is 7.02. The summed E-state index contributed by atoms with van der Waals surface area (Å²) in [7, 11) is -3.95. The molecule has 1 amide bonds. The van der Waals surface area contributed by atoms with Gasteiger partial charge in [-0.15, -0.1) is 0 Å². The summed E-state index contributed by atoms with van der Waals surface area (Å²) in [6.07, 6.45) is 0.823. The van der Waals surface area contributed by atoms with Crippen molar-refractivity contribution >= 4 is 50.5 Å². The molecule has 1 N–H and O–H groups in total. The number of nitrogens with zero attached hydrogens (tertiary/aromatic N) is 1. The summed E-state index contributed by atoms with van der Waals surface area (Å²) in [6, 6.07) is 19.8. The zero-order valence-electron chi connectivity index (χ0n) is 16.2. The number of benzene rings is 3. The Bertz CT molecular complexity index is 1130. The van der Waals surface area contributed by atoms with Gasteiger partial charge in [0, 0.05) is 5.69 Å². The first-order chi connectivity index (χ1) is 14.3. The summed E-state index contributed by atoms with van der Waals surface area (Å²) in [6.45, 7) is 1.61. The van der Waals surface area contributed by atoms with E-state index < -0.39 is 22.5 Å². The van der Waals surface area contributed by atoms with Crippen molar-refractivity contribution in [1.29, 1.82) is 0 Å². The fraction of sp³-hybridized carbons (Fsp3) is 0.136. The first kappa shape index (κ1) is 22.2. The minimum Gasteiger partial charge on any atom is -0.324 e. The van der Waals surface area contributed by atoms with Gasteiger partial charge in [-0.05, 0) is 54.4 Å². The van der Waals surface area contributed by atoms with Crippen LogP contribution >= 0.6 is 23.2 Å². The molecule has 0 aliphatic carbocycles. The van der Waals surface area contributed by atoms with Crippen molar-refractivity contribution in [2.75, 3.05) is 16.2 Å². The molecule has 0 radical (unpaired) electrons. The molecule has 0 aromatic heterocycles. The zero-order valence-corrected chi connectivity index (χ0v) is 18.5. The Morgan fingerprint density at radius 2 is 1.60 bits per heavy atom. The second-order valence-corrected chi connectivity index (χ2v) is 9.20. The van der Waals surface area contributed by atoms with Crippen LogP contribution in [0.4, 0.5) is 11.4 Å². The summed E-state index contributed by atoms with van der Waals surface area (Å²) in [5.41, 5.74) is 1.89. The Balaban J connectivity index is 1.92. The molecule has 0 saturated heterocycles. The minimum atomic E-state index is -3.95. The average Bonchev–Trinajstić information content (AvgIpc) is 2.75. The fourth-order valence-electron chi connectivity index (χ4n) is 2.84. The van der Waals surface area contributed by atoms with Gasteiger partial charge in [-0.3, -0.25) is 9.10 Å². The monoisotopic (exact) mass is 462 g/mol. The number of nitrogens with one attached hydrogen (secondary N) is 1. The van der Waals surface area contributed by atoms with Crippen LogP contribution in [0.1, 0.15) is 12.5 Å². The number of rotatable bonds is 7. The van der Waals surface area contributed by atoms with E-state index in [9.17, 15) is 13.2 Å². The molecule has 0 heterocycles. The number of amides is 1. The molecular formula is C22H20Cl2N2O3S. The number of anilines is 2. The van der Waals surface area contributed by atoms with Crippen molar-refractivity contribution in [2.24, 2.45) is 0 Å². The lowest BCUT2D eigenvalue weighted by molar-refractivity contribution is -0.114. The lowest BCUT2D eigenvalue weighted by atomic mass is 10.1. The van der Waals surface area contributed by atoms with E-state index in [0.717, 1.165) is 16.3 Å². The van der Waals surface area contributed by atoms with E-state index >= 15 is 0 Å². The molecule has 5 nitrogen and oxygen atoms in total. The highest BCUT2D eigenvalue weighted by Gasteiger charge is 2.27. The van der Waals surface area contributed by atoms with Crippen molar-refractivity contribution in [3.8, 4) is 0 Å². The number of halogens is 2. The Morgan fingerprint density at radius 1 is 0.933 bits per heavy atom. The van der Waals surface area contributed by atoms with Crippen molar-refractivity contribution in [3.05, 3.63) is 88.4 Å². The predicted molar refractivity (Wildman–Crippen MR) is 122 cm³/mol. The molecule has 30 heavy (non-hydrogen) atoms. The van der Waals surface area contributed by atoms with Crippen LogP contribution in [0, 0.1) is 0 Å². The molecule has 3 rings (SSSR count). The molecule has 0 atom stereocenters. The topological polar surface area (TPSA) is 66.5 Å². The molecule has 0 aliphatic heterocycles. The lowest BCUT2D eigenvalue weighted by Gasteiger charge is -2.24. The van der Waals surface area contributed by atoms with Crippen molar-refractivity contribution in [3.63, 3.8) is 0 Å². The number of carbonyl (C=O) groups excluding carboxylic acids is 1. The number of aryl methyl sites for hydroxylation is 1. The van der Waals surface area contributed by atoms with E-state index in [4.69, 9.17) is 23.2 Å². The molecule has 0 bridgehead atoms. The maximum Gasteiger partial charge on any atom is 0.264 e. The van der Waals surface area contributed by atoms with Gasteiger partial charge in [0.25, 0.3) is 10.0 Å².